The summed E-state index contributed by atoms with van der Waals surface area (Å²) in [4.78, 5) is 0. The third-order valence-electron chi connectivity index (χ3n) is 2.68. The van der Waals surface area contributed by atoms with E-state index >= 15 is 0 Å². The fourth-order valence-corrected chi connectivity index (χ4v) is 2.04. The van der Waals surface area contributed by atoms with Crippen LogP contribution < -0.4 is 14.8 Å². The first kappa shape index (κ1) is 15.7. The number of rotatable bonds is 9. The molecule has 0 aliphatic carbocycles. The molecule has 0 saturated carbocycles. The Morgan fingerprint density at radius 1 is 1.38 bits per heavy atom. The maximum Gasteiger partial charge on any atom is 0.245 e. The van der Waals surface area contributed by atoms with Crippen LogP contribution in [0.3, 0.4) is 0 Å². The lowest BCUT2D eigenvalue weighted by molar-refractivity contribution is 0.103. The molecular weight excluding hydrogens is 290 g/mol. The van der Waals surface area contributed by atoms with Crippen LogP contribution >= 0.6 is 11.7 Å². The van der Waals surface area contributed by atoms with Crippen LogP contribution in [-0.2, 0) is 0 Å². The van der Waals surface area contributed by atoms with Crippen molar-refractivity contribution >= 4 is 11.7 Å². The Morgan fingerprint density at radius 2 is 2.29 bits per heavy atom. The highest BCUT2D eigenvalue weighted by atomic mass is 32.1. The van der Waals surface area contributed by atoms with Crippen LogP contribution in [0.2, 0.25) is 0 Å². The number of aromatic nitrogens is 2. The second-order valence-electron chi connectivity index (χ2n) is 4.58. The number of nitrogens with one attached hydrogen (secondary N) is 1. The Labute approximate surface area is 128 Å². The van der Waals surface area contributed by atoms with Crippen molar-refractivity contribution in [3.63, 3.8) is 0 Å². The topological polar surface area (TPSA) is 76.5 Å². The van der Waals surface area contributed by atoms with Crippen molar-refractivity contribution < 1.29 is 14.6 Å². The van der Waals surface area contributed by atoms with Gasteiger partial charge in [-0.2, -0.15) is 4.37 Å². The predicted octanol–water partition coefficient (Wildman–Crippen LogP) is 1.25. The number of aliphatic hydroxyl groups is 1. The summed E-state index contributed by atoms with van der Waals surface area (Å²) in [5.41, 5.74) is 1.17. The molecule has 7 heteroatoms. The number of nitrogens with zero attached hydrogens (tertiary/aromatic N) is 2. The van der Waals surface area contributed by atoms with E-state index in [1.54, 1.807) is 0 Å². The van der Waals surface area contributed by atoms with E-state index in [0.717, 1.165) is 17.5 Å². The summed E-state index contributed by atoms with van der Waals surface area (Å²) < 4.78 is 18.6. The third-order valence-corrected chi connectivity index (χ3v) is 3.14. The third kappa shape index (κ3) is 6.07. The van der Waals surface area contributed by atoms with Gasteiger partial charge < -0.3 is 19.9 Å². The summed E-state index contributed by atoms with van der Waals surface area (Å²) in [7, 11) is 0. The zero-order chi connectivity index (χ0) is 14.9. The van der Waals surface area contributed by atoms with Crippen LogP contribution in [0, 0.1) is 6.92 Å². The molecule has 0 spiro atoms. The molecule has 21 heavy (non-hydrogen) atoms. The van der Waals surface area contributed by atoms with Crippen molar-refractivity contribution in [2.24, 2.45) is 0 Å². The molecule has 0 amide bonds. The van der Waals surface area contributed by atoms with E-state index < -0.39 is 6.10 Å². The van der Waals surface area contributed by atoms with Crippen molar-refractivity contribution in [1.82, 2.24) is 14.1 Å². The summed E-state index contributed by atoms with van der Waals surface area (Å²) >= 11 is 1.08. The van der Waals surface area contributed by atoms with Gasteiger partial charge in [0.05, 0.1) is 11.7 Å². The molecule has 0 aliphatic rings. The van der Waals surface area contributed by atoms with Gasteiger partial charge >= 0.3 is 0 Å². The molecule has 0 bridgehead atoms. The largest absolute Gasteiger partial charge is 0.492 e. The van der Waals surface area contributed by atoms with Gasteiger partial charge in [0.2, 0.25) is 5.88 Å². The minimum Gasteiger partial charge on any atom is -0.492 e. The fraction of sp³-hybridized carbons (Fsp3) is 0.429. The SMILES string of the molecule is Cc1cccc(OCCNCC(O)COc2cnsn2)c1. The van der Waals surface area contributed by atoms with Crippen molar-refractivity contribution in [2.45, 2.75) is 13.0 Å². The minimum absolute atomic E-state index is 0.192. The number of ether oxygens (including phenoxy) is 2. The van der Waals surface area contributed by atoms with E-state index in [2.05, 4.69) is 14.1 Å². The average Bonchev–Trinajstić information content (AvgIpc) is 2.98. The molecule has 0 radical (unpaired) electrons. The Bertz CT molecular complexity index is 522. The molecule has 0 fully saturated rings. The van der Waals surface area contributed by atoms with Crippen LogP contribution in [0.5, 0.6) is 11.6 Å². The van der Waals surface area contributed by atoms with E-state index in [1.807, 2.05) is 31.2 Å². The van der Waals surface area contributed by atoms with E-state index in [1.165, 1.54) is 11.8 Å². The van der Waals surface area contributed by atoms with E-state index in [9.17, 15) is 5.11 Å². The zero-order valence-corrected chi connectivity index (χ0v) is 12.7. The molecule has 1 aromatic carbocycles. The quantitative estimate of drug-likeness (QED) is 0.679. The van der Waals surface area contributed by atoms with Gasteiger partial charge in [0, 0.05) is 13.1 Å². The number of hydrogen-bond acceptors (Lipinski definition) is 7. The Morgan fingerprint density at radius 3 is 3.05 bits per heavy atom. The highest BCUT2D eigenvalue weighted by Crippen LogP contribution is 2.11. The zero-order valence-electron chi connectivity index (χ0n) is 11.9. The first-order valence-corrected chi connectivity index (χ1v) is 7.45. The summed E-state index contributed by atoms with van der Waals surface area (Å²) in [6.45, 7) is 3.86. The number of aliphatic hydroxyl groups excluding tert-OH is 1. The molecule has 2 N–H and O–H groups in total. The molecule has 1 atom stereocenters. The number of hydrogen-bond donors (Lipinski definition) is 2. The maximum atomic E-state index is 9.73. The van der Waals surface area contributed by atoms with Gasteiger partial charge in [-0.25, -0.2) is 0 Å². The summed E-state index contributed by atoms with van der Waals surface area (Å²) in [5.74, 6) is 1.30. The summed E-state index contributed by atoms with van der Waals surface area (Å²) in [6.07, 6.45) is 0.936. The molecule has 0 saturated heterocycles. The lowest BCUT2D eigenvalue weighted by Gasteiger charge is -2.12. The normalized spacial score (nSPS) is 12.1. The second kappa shape index (κ2) is 8.56. The highest BCUT2D eigenvalue weighted by molar-refractivity contribution is 6.99. The molecule has 2 rings (SSSR count). The molecule has 2 aromatic rings. The lowest BCUT2D eigenvalue weighted by Crippen LogP contribution is -2.33. The van der Waals surface area contributed by atoms with Crippen LogP contribution in [0.1, 0.15) is 5.56 Å². The number of benzene rings is 1. The van der Waals surface area contributed by atoms with Crippen LogP contribution in [0.4, 0.5) is 0 Å². The average molecular weight is 309 g/mol. The standard InChI is InChI=1S/C14H19N3O3S/c1-11-3-2-4-13(7-11)19-6-5-15-8-12(18)10-20-14-9-16-21-17-14/h2-4,7,9,12,15,18H,5-6,8,10H2,1H3. The molecule has 1 heterocycles. The molecule has 114 valence electrons. The first-order valence-electron chi connectivity index (χ1n) is 6.72. The van der Waals surface area contributed by atoms with Gasteiger partial charge in [0.25, 0.3) is 0 Å². The van der Waals surface area contributed by atoms with Crippen molar-refractivity contribution in [2.75, 3.05) is 26.3 Å². The smallest absolute Gasteiger partial charge is 0.245 e. The monoisotopic (exact) mass is 309 g/mol. The van der Waals surface area contributed by atoms with Gasteiger partial charge in [0.1, 0.15) is 31.3 Å². The second-order valence-corrected chi connectivity index (χ2v) is 5.14. The fourth-order valence-electron chi connectivity index (χ4n) is 1.68. The van der Waals surface area contributed by atoms with Crippen molar-refractivity contribution in [3.05, 3.63) is 36.0 Å². The van der Waals surface area contributed by atoms with Gasteiger partial charge in [-0.3, -0.25) is 0 Å². The van der Waals surface area contributed by atoms with Crippen LogP contribution in [0.25, 0.3) is 0 Å². The molecular formula is C14H19N3O3S. The van der Waals surface area contributed by atoms with E-state index in [-0.39, 0.29) is 6.61 Å². The van der Waals surface area contributed by atoms with Gasteiger partial charge in [0.15, 0.2) is 0 Å². The summed E-state index contributed by atoms with van der Waals surface area (Å²) in [5, 5.41) is 12.8. The summed E-state index contributed by atoms with van der Waals surface area (Å²) in [6, 6.07) is 7.91. The molecule has 1 unspecified atom stereocenters. The van der Waals surface area contributed by atoms with Gasteiger partial charge in [-0.1, -0.05) is 12.1 Å². The molecule has 0 aliphatic heterocycles. The van der Waals surface area contributed by atoms with Crippen LogP contribution in [-0.4, -0.2) is 46.3 Å². The lowest BCUT2D eigenvalue weighted by atomic mass is 10.2. The molecule has 1 aromatic heterocycles. The maximum absolute atomic E-state index is 9.73. The number of aryl methyl sites for hydroxylation is 1. The Kier molecular flexibility index (Phi) is 6.39. The molecule has 6 nitrogen and oxygen atoms in total. The van der Waals surface area contributed by atoms with E-state index in [0.29, 0.717) is 25.6 Å². The first-order chi connectivity index (χ1) is 10.2. The Hall–Kier alpha value is -1.70. The van der Waals surface area contributed by atoms with Crippen molar-refractivity contribution in [1.29, 1.82) is 0 Å². The van der Waals surface area contributed by atoms with E-state index in [4.69, 9.17) is 9.47 Å². The van der Waals surface area contributed by atoms with Crippen molar-refractivity contribution in [3.8, 4) is 11.6 Å². The van der Waals surface area contributed by atoms with Gasteiger partial charge in [-0.05, 0) is 24.6 Å². The highest BCUT2D eigenvalue weighted by Gasteiger charge is 2.06. The predicted molar refractivity (Wildman–Crippen MR) is 81.0 cm³/mol. The Balaban J connectivity index is 1.53. The van der Waals surface area contributed by atoms with Gasteiger partial charge in [-0.15, -0.1) is 4.37 Å². The van der Waals surface area contributed by atoms with Crippen LogP contribution in [0.15, 0.2) is 30.5 Å². The minimum atomic E-state index is -0.592.